The van der Waals surface area contributed by atoms with Gasteiger partial charge in [-0.2, -0.15) is 4.98 Å². The maximum absolute atomic E-state index is 11.7. The number of ether oxygens (including phenoxy) is 1. The van der Waals surface area contributed by atoms with Crippen LogP contribution in [-0.2, 0) is 4.74 Å². The van der Waals surface area contributed by atoms with Gasteiger partial charge in [-0.25, -0.2) is 4.79 Å². The van der Waals surface area contributed by atoms with E-state index in [9.17, 15) is 15.0 Å². The van der Waals surface area contributed by atoms with Crippen molar-refractivity contribution in [2.75, 3.05) is 12.3 Å². The second-order valence-corrected chi connectivity index (χ2v) is 4.20. The van der Waals surface area contributed by atoms with E-state index in [4.69, 9.17) is 15.6 Å². The third-order valence-electron chi connectivity index (χ3n) is 2.94. The number of anilines is 1. The Morgan fingerprint density at radius 3 is 2.67 bits per heavy atom. The first-order valence-corrected chi connectivity index (χ1v) is 5.44. The van der Waals surface area contributed by atoms with Crippen LogP contribution < -0.4 is 11.4 Å². The average molecular weight is 257 g/mol. The molecule has 4 atom stereocenters. The SMILES string of the molecule is Cc1cc(N)nc(=O)n1C1OC(CO)C(O)C1O. The minimum Gasteiger partial charge on any atom is -0.394 e. The number of aromatic nitrogens is 2. The lowest BCUT2D eigenvalue weighted by Gasteiger charge is -2.19. The summed E-state index contributed by atoms with van der Waals surface area (Å²) in [6.45, 7) is 1.15. The van der Waals surface area contributed by atoms with Crippen molar-refractivity contribution >= 4 is 5.82 Å². The topological polar surface area (TPSA) is 131 Å². The summed E-state index contributed by atoms with van der Waals surface area (Å²) in [6, 6.07) is 1.45. The van der Waals surface area contributed by atoms with Gasteiger partial charge in [0.15, 0.2) is 6.23 Å². The highest BCUT2D eigenvalue weighted by molar-refractivity contribution is 5.28. The van der Waals surface area contributed by atoms with E-state index in [1.54, 1.807) is 6.92 Å². The van der Waals surface area contributed by atoms with Gasteiger partial charge in [0.1, 0.15) is 24.1 Å². The van der Waals surface area contributed by atoms with Crippen LogP contribution in [0.15, 0.2) is 10.9 Å². The molecule has 1 saturated heterocycles. The molecule has 0 bridgehead atoms. The average Bonchev–Trinajstić information content (AvgIpc) is 2.56. The van der Waals surface area contributed by atoms with Crippen LogP contribution in [0.5, 0.6) is 0 Å². The number of aryl methyl sites for hydroxylation is 1. The molecule has 5 N–H and O–H groups in total. The number of hydrogen-bond acceptors (Lipinski definition) is 7. The third kappa shape index (κ3) is 1.99. The molecule has 0 amide bonds. The number of aliphatic hydroxyl groups excluding tert-OH is 3. The Hall–Kier alpha value is -1.48. The molecule has 1 aliphatic rings. The standard InChI is InChI=1S/C10H15N3O5/c1-4-2-6(11)12-10(17)13(4)9-8(16)7(15)5(3-14)18-9/h2,5,7-9,14-16H,3H2,1H3,(H2,11,12,17). The van der Waals surface area contributed by atoms with E-state index in [1.807, 2.05) is 0 Å². The molecule has 1 aromatic rings. The Morgan fingerprint density at radius 2 is 2.17 bits per heavy atom. The molecule has 0 saturated carbocycles. The predicted octanol–water partition coefficient (Wildman–Crippen LogP) is -2.25. The van der Waals surface area contributed by atoms with E-state index in [0.29, 0.717) is 5.69 Å². The monoisotopic (exact) mass is 257 g/mol. The molecule has 0 spiro atoms. The molecule has 0 aromatic carbocycles. The van der Waals surface area contributed by atoms with Gasteiger partial charge >= 0.3 is 5.69 Å². The van der Waals surface area contributed by atoms with Gasteiger partial charge in [0.25, 0.3) is 0 Å². The van der Waals surface area contributed by atoms with Crippen molar-refractivity contribution in [3.63, 3.8) is 0 Å². The quantitative estimate of drug-likeness (QED) is 0.470. The van der Waals surface area contributed by atoms with Crippen LogP contribution in [0, 0.1) is 6.92 Å². The van der Waals surface area contributed by atoms with Gasteiger partial charge in [0.05, 0.1) is 6.61 Å². The molecule has 8 nitrogen and oxygen atoms in total. The van der Waals surface area contributed by atoms with Gasteiger partial charge in [0.2, 0.25) is 0 Å². The summed E-state index contributed by atoms with van der Waals surface area (Å²) in [4.78, 5) is 15.3. The fraction of sp³-hybridized carbons (Fsp3) is 0.600. The normalized spacial score (nSPS) is 31.8. The summed E-state index contributed by atoms with van der Waals surface area (Å²) >= 11 is 0. The Bertz CT molecular complexity index is 503. The zero-order valence-electron chi connectivity index (χ0n) is 9.72. The fourth-order valence-corrected chi connectivity index (χ4v) is 2.03. The molecular formula is C10H15N3O5. The maximum atomic E-state index is 11.7. The maximum Gasteiger partial charge on any atom is 0.351 e. The van der Waals surface area contributed by atoms with E-state index in [0.717, 1.165) is 4.57 Å². The van der Waals surface area contributed by atoms with E-state index in [2.05, 4.69) is 4.98 Å². The van der Waals surface area contributed by atoms with E-state index < -0.39 is 36.8 Å². The first kappa shape index (κ1) is 13.0. The number of hydrogen-bond donors (Lipinski definition) is 4. The highest BCUT2D eigenvalue weighted by Gasteiger charge is 2.44. The van der Waals surface area contributed by atoms with Crippen LogP contribution in [-0.4, -0.2) is 49.8 Å². The van der Waals surface area contributed by atoms with Crippen LogP contribution in [0.4, 0.5) is 5.82 Å². The molecule has 0 aliphatic carbocycles. The van der Waals surface area contributed by atoms with Gasteiger partial charge in [-0.15, -0.1) is 0 Å². The molecule has 100 valence electrons. The van der Waals surface area contributed by atoms with Crippen molar-refractivity contribution in [2.45, 2.75) is 31.5 Å². The minimum atomic E-state index is -1.32. The highest BCUT2D eigenvalue weighted by Crippen LogP contribution is 2.28. The molecule has 1 aliphatic heterocycles. The molecule has 8 heteroatoms. The number of nitrogen functional groups attached to an aromatic ring is 1. The van der Waals surface area contributed by atoms with Gasteiger partial charge in [-0.3, -0.25) is 4.57 Å². The molecule has 2 heterocycles. The van der Waals surface area contributed by atoms with Crippen LogP contribution in [0.3, 0.4) is 0 Å². The van der Waals surface area contributed by atoms with Crippen LogP contribution in [0.1, 0.15) is 11.9 Å². The Balaban J connectivity index is 2.42. The summed E-state index contributed by atoms with van der Waals surface area (Å²) < 4.78 is 6.35. The Labute approximate surface area is 102 Å². The molecule has 1 aromatic heterocycles. The summed E-state index contributed by atoms with van der Waals surface area (Å²) in [6.07, 6.45) is -4.60. The largest absolute Gasteiger partial charge is 0.394 e. The minimum absolute atomic E-state index is 0.0699. The third-order valence-corrected chi connectivity index (χ3v) is 2.94. The summed E-state index contributed by atoms with van der Waals surface area (Å²) in [7, 11) is 0. The smallest absolute Gasteiger partial charge is 0.351 e. The second-order valence-electron chi connectivity index (χ2n) is 4.20. The van der Waals surface area contributed by atoms with Gasteiger partial charge in [0, 0.05) is 5.69 Å². The van der Waals surface area contributed by atoms with Gasteiger partial charge in [-0.05, 0) is 13.0 Å². The molecule has 0 radical (unpaired) electrons. The van der Waals surface area contributed by atoms with Crippen LogP contribution in [0.25, 0.3) is 0 Å². The number of nitrogens with zero attached hydrogens (tertiary/aromatic N) is 2. The van der Waals surface area contributed by atoms with Gasteiger partial charge in [-0.1, -0.05) is 0 Å². The van der Waals surface area contributed by atoms with E-state index in [-0.39, 0.29) is 5.82 Å². The lowest BCUT2D eigenvalue weighted by Crippen LogP contribution is -2.37. The first-order chi connectivity index (χ1) is 8.45. The Kier molecular flexibility index (Phi) is 3.35. The lowest BCUT2D eigenvalue weighted by atomic mass is 10.1. The van der Waals surface area contributed by atoms with E-state index >= 15 is 0 Å². The number of nitrogens with two attached hydrogens (primary N) is 1. The van der Waals surface area contributed by atoms with Crippen molar-refractivity contribution < 1.29 is 20.1 Å². The summed E-state index contributed by atoms with van der Waals surface area (Å²) in [5.74, 6) is 0.0699. The fourth-order valence-electron chi connectivity index (χ4n) is 2.03. The van der Waals surface area contributed by atoms with Crippen molar-refractivity contribution in [3.05, 3.63) is 22.2 Å². The highest BCUT2D eigenvalue weighted by atomic mass is 16.6. The van der Waals surface area contributed by atoms with Crippen LogP contribution >= 0.6 is 0 Å². The first-order valence-electron chi connectivity index (χ1n) is 5.44. The van der Waals surface area contributed by atoms with Crippen molar-refractivity contribution in [2.24, 2.45) is 0 Å². The van der Waals surface area contributed by atoms with Crippen molar-refractivity contribution in [1.29, 1.82) is 0 Å². The van der Waals surface area contributed by atoms with Gasteiger partial charge < -0.3 is 25.8 Å². The second kappa shape index (κ2) is 4.65. The predicted molar refractivity (Wildman–Crippen MR) is 60.7 cm³/mol. The molecular weight excluding hydrogens is 242 g/mol. The molecule has 1 fully saturated rings. The zero-order valence-corrected chi connectivity index (χ0v) is 9.72. The summed E-state index contributed by atoms with van der Waals surface area (Å²) in [5, 5.41) is 28.4. The van der Waals surface area contributed by atoms with Crippen molar-refractivity contribution in [3.8, 4) is 0 Å². The summed E-state index contributed by atoms with van der Waals surface area (Å²) in [5.41, 5.74) is 5.19. The zero-order chi connectivity index (χ0) is 13.4. The molecule has 4 unspecified atom stereocenters. The molecule has 18 heavy (non-hydrogen) atoms. The number of rotatable bonds is 2. The van der Waals surface area contributed by atoms with Crippen LogP contribution in [0.2, 0.25) is 0 Å². The molecule has 2 rings (SSSR count). The number of aliphatic hydroxyl groups is 3. The van der Waals surface area contributed by atoms with E-state index in [1.165, 1.54) is 6.07 Å². The van der Waals surface area contributed by atoms with Crippen molar-refractivity contribution in [1.82, 2.24) is 9.55 Å². The lowest BCUT2D eigenvalue weighted by molar-refractivity contribution is -0.0558. The Morgan fingerprint density at radius 1 is 1.50 bits per heavy atom.